The highest BCUT2D eigenvalue weighted by atomic mass is 16.7. The monoisotopic (exact) mass is 338 g/mol. The molecule has 136 valence electrons. The quantitative estimate of drug-likeness (QED) is 0.372. The van der Waals surface area contributed by atoms with Gasteiger partial charge in [0.2, 0.25) is 0 Å². The summed E-state index contributed by atoms with van der Waals surface area (Å²) in [4.78, 5) is 11.7. The summed E-state index contributed by atoms with van der Waals surface area (Å²) in [5.74, 6) is 0.440. The molecular formula is C19H30O5. The van der Waals surface area contributed by atoms with Crippen LogP contribution in [0.15, 0.2) is 18.2 Å². The van der Waals surface area contributed by atoms with Crippen LogP contribution in [0.1, 0.15) is 64.9 Å². The van der Waals surface area contributed by atoms with Crippen molar-refractivity contribution < 1.29 is 23.7 Å². The topological polar surface area (TPSA) is 54.0 Å². The fourth-order valence-corrected chi connectivity index (χ4v) is 2.02. The lowest BCUT2D eigenvalue weighted by molar-refractivity contribution is -0.147. The van der Waals surface area contributed by atoms with Gasteiger partial charge in [-0.25, -0.2) is 4.79 Å². The van der Waals surface area contributed by atoms with Crippen molar-refractivity contribution in [3.8, 4) is 5.75 Å². The second-order valence-electron chi connectivity index (χ2n) is 6.66. The average molecular weight is 338 g/mol. The summed E-state index contributed by atoms with van der Waals surface area (Å²) in [7, 11) is 0. The molecule has 0 saturated heterocycles. The first-order valence-electron chi connectivity index (χ1n) is 8.51. The standard InChI is InChI=1S/C19H30O5/c1-7-11-21-17(22-12-8-2)16-10-9-15(13-14(16)3)23-18(20)24-19(4,5)6/h9-10,13,17H,7-8,11-12H2,1-6H3. The van der Waals surface area contributed by atoms with Gasteiger partial charge in [-0.1, -0.05) is 13.8 Å². The Hall–Kier alpha value is -1.59. The van der Waals surface area contributed by atoms with Gasteiger partial charge in [-0.05, 0) is 64.3 Å². The van der Waals surface area contributed by atoms with E-state index in [0.717, 1.165) is 24.0 Å². The summed E-state index contributed by atoms with van der Waals surface area (Å²) in [6.07, 6.45) is 0.728. The van der Waals surface area contributed by atoms with Crippen LogP contribution in [0.4, 0.5) is 4.79 Å². The second-order valence-corrected chi connectivity index (χ2v) is 6.66. The maximum Gasteiger partial charge on any atom is 0.514 e. The Bertz CT molecular complexity index is 511. The minimum atomic E-state index is -0.712. The summed E-state index contributed by atoms with van der Waals surface area (Å²) in [5, 5.41) is 0. The first kappa shape index (κ1) is 20.5. The molecule has 0 amide bonds. The van der Waals surface area contributed by atoms with Crippen LogP contribution in [-0.2, 0) is 14.2 Å². The van der Waals surface area contributed by atoms with E-state index in [1.165, 1.54) is 0 Å². The Morgan fingerprint density at radius 1 is 1.08 bits per heavy atom. The van der Waals surface area contributed by atoms with E-state index < -0.39 is 18.0 Å². The molecule has 5 nitrogen and oxygen atoms in total. The third kappa shape index (κ3) is 7.32. The van der Waals surface area contributed by atoms with E-state index in [9.17, 15) is 4.79 Å². The Kier molecular flexibility index (Phi) is 8.22. The fraction of sp³-hybridized carbons (Fsp3) is 0.632. The Balaban J connectivity index is 2.82. The number of ether oxygens (including phenoxy) is 4. The van der Waals surface area contributed by atoms with Crippen molar-refractivity contribution in [3.63, 3.8) is 0 Å². The van der Waals surface area contributed by atoms with Crippen molar-refractivity contribution in [2.24, 2.45) is 0 Å². The maximum absolute atomic E-state index is 11.7. The maximum atomic E-state index is 11.7. The molecule has 0 spiro atoms. The van der Waals surface area contributed by atoms with Gasteiger partial charge in [0.25, 0.3) is 0 Å². The summed E-state index contributed by atoms with van der Waals surface area (Å²) in [6.45, 7) is 12.7. The molecular weight excluding hydrogens is 308 g/mol. The zero-order valence-electron chi connectivity index (χ0n) is 15.7. The number of hydrogen-bond acceptors (Lipinski definition) is 5. The smallest absolute Gasteiger partial charge is 0.428 e. The normalized spacial score (nSPS) is 11.6. The molecule has 5 heteroatoms. The first-order valence-corrected chi connectivity index (χ1v) is 8.51. The highest BCUT2D eigenvalue weighted by Gasteiger charge is 2.19. The van der Waals surface area contributed by atoms with Crippen LogP contribution in [-0.4, -0.2) is 25.0 Å². The molecule has 24 heavy (non-hydrogen) atoms. The number of rotatable bonds is 8. The van der Waals surface area contributed by atoms with Crippen LogP contribution >= 0.6 is 0 Å². The Morgan fingerprint density at radius 3 is 2.12 bits per heavy atom. The zero-order valence-corrected chi connectivity index (χ0v) is 15.7. The van der Waals surface area contributed by atoms with Crippen LogP contribution in [0.3, 0.4) is 0 Å². The van der Waals surface area contributed by atoms with Crippen molar-refractivity contribution in [1.29, 1.82) is 0 Å². The first-order chi connectivity index (χ1) is 11.3. The number of aryl methyl sites for hydroxylation is 1. The molecule has 0 N–H and O–H groups in total. The highest BCUT2D eigenvalue weighted by Crippen LogP contribution is 2.27. The largest absolute Gasteiger partial charge is 0.514 e. The van der Waals surface area contributed by atoms with E-state index in [1.807, 2.05) is 13.0 Å². The van der Waals surface area contributed by atoms with Gasteiger partial charge in [-0.2, -0.15) is 0 Å². The molecule has 0 atom stereocenters. The minimum Gasteiger partial charge on any atom is -0.428 e. The van der Waals surface area contributed by atoms with E-state index in [0.29, 0.717) is 19.0 Å². The molecule has 0 saturated carbocycles. The Labute approximate surface area is 145 Å². The third-order valence-corrected chi connectivity index (χ3v) is 3.03. The molecule has 0 aliphatic rings. The lowest BCUT2D eigenvalue weighted by atomic mass is 10.1. The van der Waals surface area contributed by atoms with Gasteiger partial charge in [0.1, 0.15) is 11.4 Å². The molecule has 0 heterocycles. The Morgan fingerprint density at radius 2 is 1.67 bits per heavy atom. The number of hydrogen-bond donors (Lipinski definition) is 0. The predicted octanol–water partition coefficient (Wildman–Crippen LogP) is 5.16. The average Bonchev–Trinajstić information content (AvgIpc) is 2.46. The third-order valence-electron chi connectivity index (χ3n) is 3.03. The van der Waals surface area contributed by atoms with Crippen LogP contribution in [0, 0.1) is 6.92 Å². The summed E-state index contributed by atoms with van der Waals surface area (Å²) in [6, 6.07) is 5.38. The van der Waals surface area contributed by atoms with Gasteiger partial charge in [-0.15, -0.1) is 0 Å². The van der Waals surface area contributed by atoms with Crippen LogP contribution < -0.4 is 4.74 Å². The summed E-state index contributed by atoms with van der Waals surface area (Å²) >= 11 is 0. The molecule has 0 bridgehead atoms. The summed E-state index contributed by atoms with van der Waals surface area (Å²) in [5.41, 5.74) is 1.29. The molecule has 1 aromatic rings. The lowest BCUT2D eigenvalue weighted by Crippen LogP contribution is -2.26. The highest BCUT2D eigenvalue weighted by molar-refractivity contribution is 5.64. The van der Waals surface area contributed by atoms with Crippen molar-refractivity contribution in [2.45, 2.75) is 66.3 Å². The van der Waals surface area contributed by atoms with Gasteiger partial charge in [0.05, 0.1) is 0 Å². The van der Waals surface area contributed by atoms with Gasteiger partial charge in [-0.3, -0.25) is 0 Å². The molecule has 1 aromatic carbocycles. The predicted molar refractivity (Wildman–Crippen MR) is 93.3 cm³/mol. The van der Waals surface area contributed by atoms with Gasteiger partial charge in [0, 0.05) is 18.8 Å². The van der Waals surface area contributed by atoms with Gasteiger partial charge in [0.15, 0.2) is 6.29 Å². The molecule has 0 aliphatic carbocycles. The van der Waals surface area contributed by atoms with Gasteiger partial charge < -0.3 is 18.9 Å². The van der Waals surface area contributed by atoms with E-state index >= 15 is 0 Å². The van der Waals surface area contributed by atoms with Gasteiger partial charge >= 0.3 is 6.16 Å². The molecule has 0 aliphatic heterocycles. The SMILES string of the molecule is CCCOC(OCCC)c1ccc(OC(=O)OC(C)(C)C)cc1C. The van der Waals surface area contributed by atoms with Crippen molar-refractivity contribution in [1.82, 2.24) is 0 Å². The van der Waals surface area contributed by atoms with E-state index in [4.69, 9.17) is 18.9 Å². The molecule has 0 unspecified atom stereocenters. The van der Waals surface area contributed by atoms with Crippen molar-refractivity contribution >= 4 is 6.16 Å². The van der Waals surface area contributed by atoms with Crippen LogP contribution in [0.25, 0.3) is 0 Å². The van der Waals surface area contributed by atoms with Crippen LogP contribution in [0.2, 0.25) is 0 Å². The molecule has 0 aromatic heterocycles. The van der Waals surface area contributed by atoms with Crippen molar-refractivity contribution in [2.75, 3.05) is 13.2 Å². The van der Waals surface area contributed by atoms with E-state index in [-0.39, 0.29) is 0 Å². The molecule has 0 radical (unpaired) electrons. The second kappa shape index (κ2) is 9.64. The summed E-state index contributed by atoms with van der Waals surface area (Å²) < 4.78 is 22.0. The van der Waals surface area contributed by atoms with Crippen molar-refractivity contribution in [3.05, 3.63) is 29.3 Å². The number of carbonyl (C=O) groups is 1. The zero-order chi connectivity index (χ0) is 18.2. The number of benzene rings is 1. The minimum absolute atomic E-state index is 0.402. The van der Waals surface area contributed by atoms with E-state index in [1.54, 1.807) is 32.9 Å². The number of carbonyl (C=O) groups excluding carboxylic acids is 1. The molecule has 0 fully saturated rings. The molecule has 1 rings (SSSR count). The van der Waals surface area contributed by atoms with Crippen LogP contribution in [0.5, 0.6) is 5.75 Å². The lowest BCUT2D eigenvalue weighted by Gasteiger charge is -2.21. The van der Waals surface area contributed by atoms with E-state index in [2.05, 4.69) is 13.8 Å². The fourth-order valence-electron chi connectivity index (χ4n) is 2.02.